The molecule has 0 spiro atoms. The minimum absolute atomic E-state index is 0.0599. The van der Waals surface area contributed by atoms with E-state index in [1.807, 2.05) is 42.5 Å². The van der Waals surface area contributed by atoms with Crippen LogP contribution < -0.4 is 0 Å². The molecule has 1 aromatic carbocycles. The van der Waals surface area contributed by atoms with Crippen molar-refractivity contribution in [1.29, 1.82) is 0 Å². The van der Waals surface area contributed by atoms with Crippen LogP contribution in [0.3, 0.4) is 0 Å². The van der Waals surface area contributed by atoms with Crippen LogP contribution in [0.5, 0.6) is 0 Å². The summed E-state index contributed by atoms with van der Waals surface area (Å²) in [5.74, 6) is 0. The van der Waals surface area contributed by atoms with Crippen molar-refractivity contribution in [3.8, 4) is 0 Å². The summed E-state index contributed by atoms with van der Waals surface area (Å²) in [6.45, 7) is 0. The van der Waals surface area contributed by atoms with Gasteiger partial charge in [-0.1, -0.05) is 67.0 Å². The molecule has 0 bridgehead atoms. The van der Waals surface area contributed by atoms with E-state index in [1.54, 1.807) is 12.1 Å². The van der Waals surface area contributed by atoms with Gasteiger partial charge >= 0.3 is 0 Å². The van der Waals surface area contributed by atoms with Crippen LogP contribution in [-0.4, -0.2) is 14.7 Å². The number of hydrogen-bond donors (Lipinski definition) is 0. The lowest BCUT2D eigenvalue weighted by atomic mass is 9.91. The molecule has 0 radical (unpaired) electrons. The maximum absolute atomic E-state index is 11.5. The van der Waals surface area contributed by atoms with Crippen molar-refractivity contribution in [1.82, 2.24) is 0 Å². The summed E-state index contributed by atoms with van der Waals surface area (Å²) in [7, 11) is 0. The predicted octanol–water partition coefficient (Wildman–Crippen LogP) is 5.02. The first-order valence-electron chi connectivity index (χ1n) is 7.17. The highest BCUT2D eigenvalue weighted by atomic mass is 32.1. The number of benzene rings is 1. The molecule has 3 nitrogen and oxygen atoms in total. The monoisotopic (exact) mass is 339 g/mol. The fourth-order valence-electron chi connectivity index (χ4n) is 2.66. The molecular weight excluding hydrogens is 326 g/mol. The molecule has 0 amide bonds. The predicted molar refractivity (Wildman–Crippen MR) is 102 cm³/mol. The Morgan fingerprint density at radius 1 is 0.957 bits per heavy atom. The molecule has 0 aromatic heterocycles. The lowest BCUT2D eigenvalue weighted by Gasteiger charge is -2.14. The number of nitrogens with zero attached hydrogens (tertiary/aromatic N) is 1. The zero-order chi connectivity index (χ0) is 16.4. The van der Waals surface area contributed by atoms with E-state index in [4.69, 9.17) is 24.4 Å². The number of thiocarbonyl (C=S) groups is 2. The van der Waals surface area contributed by atoms with Gasteiger partial charge in [0, 0.05) is 34.2 Å². The Morgan fingerprint density at radius 2 is 1.57 bits per heavy atom. The van der Waals surface area contributed by atoms with E-state index in [0.29, 0.717) is 18.4 Å². The smallest absolute Gasteiger partial charge is 0.258 e. The normalized spacial score (nSPS) is 17.0. The van der Waals surface area contributed by atoms with Crippen LogP contribution >= 0.6 is 24.4 Å². The molecule has 114 valence electrons. The second-order valence-corrected chi connectivity index (χ2v) is 6.25. The SMILES string of the molecule is O=[N+]([O-])c1cc(C2=CC=CCC2=S)ccc1C1=CC=CCC1=S. The lowest BCUT2D eigenvalue weighted by Crippen LogP contribution is -2.06. The Balaban J connectivity index is 2.12. The Kier molecular flexibility index (Phi) is 4.41. The highest BCUT2D eigenvalue weighted by molar-refractivity contribution is 7.81. The van der Waals surface area contributed by atoms with E-state index in [1.165, 1.54) is 0 Å². The fraction of sp³-hybridized carbons (Fsp3) is 0.111. The van der Waals surface area contributed by atoms with Crippen LogP contribution in [0.1, 0.15) is 24.0 Å². The van der Waals surface area contributed by atoms with Crippen LogP contribution in [0.25, 0.3) is 11.1 Å². The molecule has 2 aliphatic carbocycles. The summed E-state index contributed by atoms with van der Waals surface area (Å²) in [5, 5.41) is 11.5. The third-order valence-corrected chi connectivity index (χ3v) is 4.57. The quantitative estimate of drug-likeness (QED) is 0.440. The van der Waals surface area contributed by atoms with Gasteiger partial charge in [0.25, 0.3) is 5.69 Å². The van der Waals surface area contributed by atoms with Crippen LogP contribution in [-0.2, 0) is 0 Å². The second-order valence-electron chi connectivity index (χ2n) is 5.26. The summed E-state index contributed by atoms with van der Waals surface area (Å²) in [6.07, 6.45) is 12.8. The number of hydrogen-bond acceptors (Lipinski definition) is 4. The zero-order valence-corrected chi connectivity index (χ0v) is 13.8. The fourth-order valence-corrected chi connectivity index (χ4v) is 3.22. The molecule has 0 unspecified atom stereocenters. The average Bonchev–Trinajstić information content (AvgIpc) is 2.55. The van der Waals surface area contributed by atoms with Crippen molar-refractivity contribution >= 4 is 51.0 Å². The van der Waals surface area contributed by atoms with Gasteiger partial charge in [-0.25, -0.2) is 0 Å². The highest BCUT2D eigenvalue weighted by Gasteiger charge is 2.22. The Hall–Kier alpha value is -2.24. The number of nitro groups is 1. The molecular formula is C18H13NO2S2. The Labute approximate surface area is 144 Å². The Morgan fingerprint density at radius 3 is 2.13 bits per heavy atom. The molecule has 0 saturated heterocycles. The molecule has 0 atom stereocenters. The second kappa shape index (κ2) is 6.48. The number of rotatable bonds is 3. The maximum atomic E-state index is 11.5. The van der Waals surface area contributed by atoms with Gasteiger partial charge in [-0.05, 0) is 17.2 Å². The van der Waals surface area contributed by atoms with Gasteiger partial charge in [-0.2, -0.15) is 0 Å². The standard InChI is InChI=1S/C18H13NO2S2/c20-19(21)16-11-12(13-5-1-3-7-17(13)22)9-10-14(16)15-6-2-4-8-18(15)23/h1-6,9-11H,7-8H2. The van der Waals surface area contributed by atoms with E-state index in [-0.39, 0.29) is 10.6 Å². The summed E-state index contributed by atoms with van der Waals surface area (Å²) in [4.78, 5) is 12.7. The number of nitro benzene ring substituents is 1. The van der Waals surface area contributed by atoms with Crippen molar-refractivity contribution in [3.05, 3.63) is 75.9 Å². The van der Waals surface area contributed by atoms with Crippen molar-refractivity contribution in [3.63, 3.8) is 0 Å². The minimum atomic E-state index is -0.358. The van der Waals surface area contributed by atoms with E-state index < -0.39 is 0 Å². The molecule has 5 heteroatoms. The van der Waals surface area contributed by atoms with Crippen molar-refractivity contribution in [2.45, 2.75) is 12.8 Å². The van der Waals surface area contributed by atoms with Gasteiger partial charge in [0.1, 0.15) is 0 Å². The molecule has 0 N–H and O–H groups in total. The zero-order valence-electron chi connectivity index (χ0n) is 12.2. The van der Waals surface area contributed by atoms with Crippen molar-refractivity contribution in [2.24, 2.45) is 0 Å². The van der Waals surface area contributed by atoms with E-state index >= 15 is 0 Å². The molecule has 1 aromatic rings. The average molecular weight is 339 g/mol. The highest BCUT2D eigenvalue weighted by Crippen LogP contribution is 2.33. The molecule has 0 heterocycles. The van der Waals surface area contributed by atoms with E-state index in [2.05, 4.69) is 0 Å². The van der Waals surface area contributed by atoms with Gasteiger partial charge in [-0.15, -0.1) is 0 Å². The van der Waals surface area contributed by atoms with Gasteiger partial charge in [0.15, 0.2) is 0 Å². The lowest BCUT2D eigenvalue weighted by molar-refractivity contribution is -0.385. The molecule has 2 aliphatic rings. The molecule has 0 fully saturated rings. The molecule has 3 rings (SSSR count). The first kappa shape index (κ1) is 15.6. The molecule has 0 aliphatic heterocycles. The summed E-state index contributed by atoms with van der Waals surface area (Å²) in [6, 6.07) is 5.24. The van der Waals surface area contributed by atoms with Crippen LogP contribution in [0, 0.1) is 10.1 Å². The van der Waals surface area contributed by atoms with Gasteiger partial charge < -0.3 is 0 Å². The van der Waals surface area contributed by atoms with Crippen molar-refractivity contribution < 1.29 is 4.92 Å². The third kappa shape index (κ3) is 3.11. The van der Waals surface area contributed by atoms with E-state index in [9.17, 15) is 10.1 Å². The largest absolute Gasteiger partial charge is 0.277 e. The van der Waals surface area contributed by atoms with Crippen LogP contribution in [0.15, 0.2) is 54.7 Å². The van der Waals surface area contributed by atoms with Gasteiger partial charge in [0.05, 0.1) is 10.5 Å². The maximum Gasteiger partial charge on any atom is 0.277 e. The van der Waals surface area contributed by atoms with Gasteiger partial charge in [-0.3, -0.25) is 10.1 Å². The first-order chi connectivity index (χ1) is 11.1. The summed E-state index contributed by atoms with van der Waals surface area (Å²) < 4.78 is 0. The third-order valence-electron chi connectivity index (χ3n) is 3.80. The summed E-state index contributed by atoms with van der Waals surface area (Å²) in [5.41, 5.74) is 3.02. The minimum Gasteiger partial charge on any atom is -0.258 e. The van der Waals surface area contributed by atoms with Crippen LogP contribution in [0.4, 0.5) is 5.69 Å². The molecule has 23 heavy (non-hydrogen) atoms. The first-order valence-corrected chi connectivity index (χ1v) is 7.99. The van der Waals surface area contributed by atoms with Gasteiger partial charge in [0.2, 0.25) is 0 Å². The number of allylic oxidation sites excluding steroid dienone is 8. The summed E-state index contributed by atoms with van der Waals surface area (Å²) >= 11 is 10.7. The molecule has 0 saturated carbocycles. The van der Waals surface area contributed by atoms with Crippen LogP contribution in [0.2, 0.25) is 0 Å². The van der Waals surface area contributed by atoms with Crippen molar-refractivity contribution in [2.75, 3.05) is 0 Å². The van der Waals surface area contributed by atoms with E-state index in [0.717, 1.165) is 26.4 Å². The topological polar surface area (TPSA) is 43.1 Å². The Bertz CT molecular complexity index is 845.